The van der Waals surface area contributed by atoms with Crippen molar-refractivity contribution in [1.82, 2.24) is 4.98 Å². The van der Waals surface area contributed by atoms with Crippen LogP contribution in [0.2, 0.25) is 5.02 Å². The summed E-state index contributed by atoms with van der Waals surface area (Å²) in [7, 11) is 0. The summed E-state index contributed by atoms with van der Waals surface area (Å²) in [5, 5.41) is 6.14. The van der Waals surface area contributed by atoms with Crippen LogP contribution in [-0.2, 0) is 4.79 Å². The molecule has 0 aliphatic heterocycles. The number of thiazole rings is 1. The summed E-state index contributed by atoms with van der Waals surface area (Å²) in [5.41, 5.74) is 1.70. The van der Waals surface area contributed by atoms with Crippen LogP contribution in [0, 0.1) is 5.92 Å². The maximum absolute atomic E-state index is 12.0. The van der Waals surface area contributed by atoms with Gasteiger partial charge in [-0.1, -0.05) is 55.5 Å². The van der Waals surface area contributed by atoms with Crippen LogP contribution in [0.15, 0.2) is 29.6 Å². The van der Waals surface area contributed by atoms with E-state index in [2.05, 4.69) is 10.3 Å². The van der Waals surface area contributed by atoms with Crippen LogP contribution in [0.5, 0.6) is 0 Å². The highest BCUT2D eigenvalue weighted by Crippen LogP contribution is 2.31. The molecule has 1 heterocycles. The molecule has 1 fully saturated rings. The van der Waals surface area contributed by atoms with Gasteiger partial charge in [0.1, 0.15) is 0 Å². The molecule has 116 valence electrons. The third-order valence-corrected chi connectivity index (χ3v) is 5.24. The van der Waals surface area contributed by atoms with E-state index in [0.29, 0.717) is 16.6 Å². The van der Waals surface area contributed by atoms with E-state index in [1.54, 1.807) is 0 Å². The number of carbonyl (C=O) groups excluding carboxylic acids is 1. The molecule has 1 N–H and O–H groups in total. The Kier molecular flexibility index (Phi) is 5.11. The zero-order valence-corrected chi connectivity index (χ0v) is 13.9. The van der Waals surface area contributed by atoms with Gasteiger partial charge in [0.25, 0.3) is 0 Å². The van der Waals surface area contributed by atoms with Crippen molar-refractivity contribution in [3.05, 3.63) is 34.7 Å². The summed E-state index contributed by atoms with van der Waals surface area (Å²) in [6.45, 7) is 0. The summed E-state index contributed by atoms with van der Waals surface area (Å²) < 4.78 is 0. The van der Waals surface area contributed by atoms with Crippen LogP contribution in [-0.4, -0.2) is 10.9 Å². The second kappa shape index (κ2) is 7.25. The molecule has 0 radical (unpaired) electrons. The van der Waals surface area contributed by atoms with Gasteiger partial charge < -0.3 is 5.32 Å². The number of carbonyl (C=O) groups is 1. The van der Waals surface area contributed by atoms with E-state index in [1.165, 1.54) is 37.0 Å². The molecule has 2 aromatic rings. The highest BCUT2D eigenvalue weighted by Gasteiger charge is 2.16. The van der Waals surface area contributed by atoms with Crippen molar-refractivity contribution in [3.63, 3.8) is 0 Å². The van der Waals surface area contributed by atoms with E-state index < -0.39 is 0 Å². The van der Waals surface area contributed by atoms with Crippen molar-refractivity contribution in [1.29, 1.82) is 0 Å². The molecule has 0 atom stereocenters. The van der Waals surface area contributed by atoms with Gasteiger partial charge in [-0.15, -0.1) is 11.3 Å². The quantitative estimate of drug-likeness (QED) is 0.798. The molecule has 5 heteroatoms. The van der Waals surface area contributed by atoms with Crippen LogP contribution in [0.3, 0.4) is 0 Å². The molecule has 1 amide bonds. The third-order valence-electron chi connectivity index (χ3n) is 4.15. The zero-order valence-electron chi connectivity index (χ0n) is 12.3. The molecule has 1 aliphatic rings. The lowest BCUT2D eigenvalue weighted by atomic mass is 10.0. The molecular formula is C17H19ClN2OS. The third kappa shape index (κ3) is 3.87. The fourth-order valence-electron chi connectivity index (χ4n) is 2.94. The Hall–Kier alpha value is -1.39. The fourth-order valence-corrected chi connectivity index (χ4v) is 3.90. The Morgan fingerprint density at radius 2 is 2.09 bits per heavy atom. The number of nitrogens with one attached hydrogen (secondary N) is 1. The predicted octanol–water partition coefficient (Wildman–Crippen LogP) is 5.37. The summed E-state index contributed by atoms with van der Waals surface area (Å²) in [4.78, 5) is 16.5. The minimum atomic E-state index is 0.0620. The molecule has 0 spiro atoms. The van der Waals surface area contributed by atoms with Gasteiger partial charge in [-0.2, -0.15) is 0 Å². The number of aromatic nitrogens is 1. The van der Waals surface area contributed by atoms with Crippen molar-refractivity contribution in [2.24, 2.45) is 5.92 Å². The molecule has 0 bridgehead atoms. The zero-order chi connectivity index (χ0) is 15.4. The number of hydrogen-bond donors (Lipinski definition) is 1. The van der Waals surface area contributed by atoms with Crippen LogP contribution in [0.1, 0.15) is 38.5 Å². The smallest absolute Gasteiger partial charge is 0.226 e. The Labute approximate surface area is 139 Å². The maximum atomic E-state index is 12.0. The van der Waals surface area contributed by atoms with E-state index >= 15 is 0 Å². The van der Waals surface area contributed by atoms with Gasteiger partial charge in [-0.25, -0.2) is 4.98 Å². The molecule has 0 saturated heterocycles. The molecule has 3 nitrogen and oxygen atoms in total. The monoisotopic (exact) mass is 334 g/mol. The summed E-state index contributed by atoms with van der Waals surface area (Å²) in [5.74, 6) is 0.799. The van der Waals surface area contributed by atoms with Crippen molar-refractivity contribution in [3.8, 4) is 11.3 Å². The average molecular weight is 335 g/mol. The largest absolute Gasteiger partial charge is 0.302 e. The molecule has 0 unspecified atom stereocenters. The Bertz CT molecular complexity index is 650. The average Bonchev–Trinajstić information content (AvgIpc) is 3.17. The number of rotatable bonds is 5. The summed E-state index contributed by atoms with van der Waals surface area (Å²) in [6, 6.07) is 7.60. The molecule has 22 heavy (non-hydrogen) atoms. The number of halogens is 1. The molecule has 1 aromatic heterocycles. The standard InChI is InChI=1S/C17H19ClN2OS/c18-14-8-4-3-7-13(14)15-11-22-17(19-15)20-16(21)10-9-12-5-1-2-6-12/h3-4,7-8,11-12H,1-2,5-6,9-10H2,(H,19,20,21). The van der Waals surface area contributed by atoms with E-state index in [1.807, 2.05) is 29.6 Å². The maximum Gasteiger partial charge on any atom is 0.226 e. The number of benzene rings is 1. The first-order valence-electron chi connectivity index (χ1n) is 7.72. The fraction of sp³-hybridized carbons (Fsp3) is 0.412. The van der Waals surface area contributed by atoms with E-state index in [4.69, 9.17) is 11.6 Å². The molecule has 1 aliphatic carbocycles. The lowest BCUT2D eigenvalue weighted by Crippen LogP contribution is -2.12. The van der Waals surface area contributed by atoms with Crippen LogP contribution >= 0.6 is 22.9 Å². The van der Waals surface area contributed by atoms with Crippen LogP contribution in [0.4, 0.5) is 5.13 Å². The summed E-state index contributed by atoms with van der Waals surface area (Å²) >= 11 is 7.61. The Morgan fingerprint density at radius 1 is 1.32 bits per heavy atom. The highest BCUT2D eigenvalue weighted by molar-refractivity contribution is 7.14. The second-order valence-corrected chi connectivity index (χ2v) is 7.02. The second-order valence-electron chi connectivity index (χ2n) is 5.76. The van der Waals surface area contributed by atoms with Gasteiger partial charge in [0.05, 0.1) is 5.69 Å². The van der Waals surface area contributed by atoms with Gasteiger partial charge >= 0.3 is 0 Å². The van der Waals surface area contributed by atoms with Crippen molar-refractivity contribution in [2.75, 3.05) is 5.32 Å². The van der Waals surface area contributed by atoms with Gasteiger partial charge in [0.2, 0.25) is 5.91 Å². The van der Waals surface area contributed by atoms with Crippen molar-refractivity contribution in [2.45, 2.75) is 38.5 Å². The first kappa shape index (κ1) is 15.5. The minimum Gasteiger partial charge on any atom is -0.302 e. The SMILES string of the molecule is O=C(CCC1CCCC1)Nc1nc(-c2ccccc2Cl)cs1. The number of amides is 1. The lowest BCUT2D eigenvalue weighted by Gasteiger charge is -2.07. The first-order chi connectivity index (χ1) is 10.7. The Balaban J connectivity index is 1.57. The normalized spacial score (nSPS) is 15.1. The minimum absolute atomic E-state index is 0.0620. The van der Waals surface area contributed by atoms with Crippen molar-refractivity contribution >= 4 is 34.0 Å². The summed E-state index contributed by atoms with van der Waals surface area (Å²) in [6.07, 6.45) is 6.78. The first-order valence-corrected chi connectivity index (χ1v) is 8.98. The number of hydrogen-bond acceptors (Lipinski definition) is 3. The number of anilines is 1. The van der Waals surface area contributed by atoms with Gasteiger partial charge in [-0.3, -0.25) is 4.79 Å². The van der Waals surface area contributed by atoms with Gasteiger partial charge in [0, 0.05) is 22.4 Å². The lowest BCUT2D eigenvalue weighted by molar-refractivity contribution is -0.116. The predicted molar refractivity (Wildman–Crippen MR) is 92.4 cm³/mol. The number of nitrogens with zero attached hydrogens (tertiary/aromatic N) is 1. The van der Waals surface area contributed by atoms with Crippen molar-refractivity contribution < 1.29 is 4.79 Å². The van der Waals surface area contributed by atoms with Gasteiger partial charge in [-0.05, 0) is 18.4 Å². The van der Waals surface area contributed by atoms with E-state index in [-0.39, 0.29) is 5.91 Å². The molecule has 1 aromatic carbocycles. The van der Waals surface area contributed by atoms with E-state index in [9.17, 15) is 4.79 Å². The van der Waals surface area contributed by atoms with Crippen LogP contribution in [0.25, 0.3) is 11.3 Å². The van der Waals surface area contributed by atoms with E-state index in [0.717, 1.165) is 23.6 Å². The Morgan fingerprint density at radius 3 is 2.86 bits per heavy atom. The van der Waals surface area contributed by atoms with Crippen LogP contribution < -0.4 is 5.32 Å². The van der Waals surface area contributed by atoms with Gasteiger partial charge in [0.15, 0.2) is 5.13 Å². The molecule has 3 rings (SSSR count). The topological polar surface area (TPSA) is 42.0 Å². The highest BCUT2D eigenvalue weighted by atomic mass is 35.5. The molecular weight excluding hydrogens is 316 g/mol. The molecule has 1 saturated carbocycles.